The molecule has 1 aliphatic heterocycles. The molecule has 0 spiro atoms. The molecular formula is C12H21NO5. The molecule has 0 saturated carbocycles. The van der Waals surface area contributed by atoms with Crippen molar-refractivity contribution in [2.75, 3.05) is 20.3 Å². The molecule has 0 aromatic heterocycles. The molecule has 6 heteroatoms. The Labute approximate surface area is 107 Å². The zero-order valence-corrected chi connectivity index (χ0v) is 11.1. The number of aliphatic carboxylic acids is 1. The number of methoxy groups -OCH3 is 1. The van der Waals surface area contributed by atoms with Gasteiger partial charge in [-0.05, 0) is 20.3 Å². The fraction of sp³-hybridized carbons (Fsp3) is 0.833. The molecule has 104 valence electrons. The van der Waals surface area contributed by atoms with Crippen molar-refractivity contribution in [3.8, 4) is 0 Å². The number of hydrogen-bond acceptors (Lipinski definition) is 4. The van der Waals surface area contributed by atoms with Gasteiger partial charge in [0, 0.05) is 26.3 Å². The van der Waals surface area contributed by atoms with Crippen LogP contribution in [0.3, 0.4) is 0 Å². The van der Waals surface area contributed by atoms with Crippen LogP contribution in [0.15, 0.2) is 0 Å². The van der Waals surface area contributed by atoms with Crippen LogP contribution in [0.25, 0.3) is 0 Å². The van der Waals surface area contributed by atoms with Crippen LogP contribution < -0.4 is 0 Å². The summed E-state index contributed by atoms with van der Waals surface area (Å²) in [7, 11) is 1.57. The van der Waals surface area contributed by atoms with Crippen LogP contribution in [0.4, 0.5) is 0 Å². The van der Waals surface area contributed by atoms with E-state index in [0.29, 0.717) is 19.6 Å². The van der Waals surface area contributed by atoms with Gasteiger partial charge in [-0.3, -0.25) is 9.59 Å². The maximum absolute atomic E-state index is 12.1. The number of nitrogens with zero attached hydrogens (tertiary/aromatic N) is 1. The highest BCUT2D eigenvalue weighted by atomic mass is 16.5. The van der Waals surface area contributed by atoms with Crippen molar-refractivity contribution in [2.45, 2.75) is 44.9 Å². The van der Waals surface area contributed by atoms with E-state index < -0.39 is 12.1 Å². The molecule has 18 heavy (non-hydrogen) atoms. The summed E-state index contributed by atoms with van der Waals surface area (Å²) in [5, 5.41) is 8.86. The standard InChI is InChI=1S/C12H21NO5/c1-4-18-8(2)12(16)13-7-10(17-3)5-9(13)6-11(14)15/h8-10H,4-7H2,1-3H3,(H,14,15). The number of ether oxygens (including phenoxy) is 2. The molecular weight excluding hydrogens is 238 g/mol. The van der Waals surface area contributed by atoms with Crippen LogP contribution in [0, 0.1) is 0 Å². The molecule has 1 N–H and O–H groups in total. The third-order valence-corrected chi connectivity index (χ3v) is 3.17. The fourth-order valence-electron chi connectivity index (χ4n) is 2.26. The fourth-order valence-corrected chi connectivity index (χ4v) is 2.26. The summed E-state index contributed by atoms with van der Waals surface area (Å²) >= 11 is 0. The third kappa shape index (κ3) is 3.68. The Morgan fingerprint density at radius 3 is 2.67 bits per heavy atom. The summed E-state index contributed by atoms with van der Waals surface area (Å²) in [6, 6.07) is -0.303. The number of amides is 1. The van der Waals surface area contributed by atoms with Gasteiger partial charge in [0.25, 0.3) is 5.91 Å². The van der Waals surface area contributed by atoms with Crippen molar-refractivity contribution < 1.29 is 24.2 Å². The first kappa shape index (κ1) is 14.9. The Morgan fingerprint density at radius 2 is 2.17 bits per heavy atom. The molecule has 0 aromatic rings. The van der Waals surface area contributed by atoms with Gasteiger partial charge in [0.1, 0.15) is 6.10 Å². The van der Waals surface area contributed by atoms with Gasteiger partial charge >= 0.3 is 5.97 Å². The van der Waals surface area contributed by atoms with Gasteiger partial charge in [0.15, 0.2) is 0 Å². The Bertz CT molecular complexity index is 307. The first-order chi connectivity index (χ1) is 8.49. The van der Waals surface area contributed by atoms with Gasteiger partial charge in [0.2, 0.25) is 0 Å². The molecule has 0 aromatic carbocycles. The molecule has 6 nitrogen and oxygen atoms in total. The summed E-state index contributed by atoms with van der Waals surface area (Å²) in [5.41, 5.74) is 0. The van der Waals surface area contributed by atoms with Crippen LogP contribution in [-0.2, 0) is 19.1 Å². The predicted molar refractivity (Wildman–Crippen MR) is 64.3 cm³/mol. The molecule has 3 atom stereocenters. The van der Waals surface area contributed by atoms with Crippen LogP contribution in [-0.4, -0.2) is 60.4 Å². The number of carbonyl (C=O) groups is 2. The average molecular weight is 259 g/mol. The van der Waals surface area contributed by atoms with Crippen LogP contribution in [0.1, 0.15) is 26.7 Å². The minimum atomic E-state index is -0.904. The summed E-state index contributed by atoms with van der Waals surface area (Å²) in [6.45, 7) is 4.40. The van der Waals surface area contributed by atoms with Crippen molar-refractivity contribution in [1.82, 2.24) is 4.90 Å². The van der Waals surface area contributed by atoms with Crippen molar-refractivity contribution in [1.29, 1.82) is 0 Å². The quantitative estimate of drug-likeness (QED) is 0.751. The molecule has 0 aliphatic carbocycles. The lowest BCUT2D eigenvalue weighted by atomic mass is 10.1. The molecule has 1 aliphatic rings. The van der Waals surface area contributed by atoms with Crippen molar-refractivity contribution >= 4 is 11.9 Å². The zero-order chi connectivity index (χ0) is 13.7. The van der Waals surface area contributed by atoms with Gasteiger partial charge < -0.3 is 19.5 Å². The maximum atomic E-state index is 12.1. The van der Waals surface area contributed by atoms with E-state index in [1.807, 2.05) is 6.92 Å². The smallest absolute Gasteiger partial charge is 0.305 e. The molecule has 0 bridgehead atoms. The lowest BCUT2D eigenvalue weighted by Crippen LogP contribution is -2.43. The number of carbonyl (C=O) groups excluding carboxylic acids is 1. The van der Waals surface area contributed by atoms with E-state index >= 15 is 0 Å². The second kappa shape index (κ2) is 6.70. The second-order valence-corrected chi connectivity index (χ2v) is 4.43. The van der Waals surface area contributed by atoms with Gasteiger partial charge in [-0.15, -0.1) is 0 Å². The lowest BCUT2D eigenvalue weighted by molar-refractivity contribution is -0.145. The van der Waals surface area contributed by atoms with Gasteiger partial charge in [-0.1, -0.05) is 0 Å². The highest BCUT2D eigenvalue weighted by molar-refractivity contribution is 5.82. The normalized spacial score (nSPS) is 25.2. The Kier molecular flexibility index (Phi) is 5.55. The Balaban J connectivity index is 2.69. The maximum Gasteiger partial charge on any atom is 0.305 e. The Hall–Kier alpha value is -1.14. The summed E-state index contributed by atoms with van der Waals surface area (Å²) < 4.78 is 10.5. The predicted octanol–water partition coefficient (Wildman–Crippen LogP) is 0.502. The number of likely N-dealkylation sites (tertiary alicyclic amines) is 1. The molecule has 1 rings (SSSR count). The largest absolute Gasteiger partial charge is 0.481 e. The highest BCUT2D eigenvalue weighted by Gasteiger charge is 2.38. The van der Waals surface area contributed by atoms with Gasteiger partial charge in [-0.2, -0.15) is 0 Å². The van der Waals surface area contributed by atoms with Crippen molar-refractivity contribution in [3.05, 3.63) is 0 Å². The first-order valence-electron chi connectivity index (χ1n) is 6.16. The molecule has 1 heterocycles. The molecule has 1 saturated heterocycles. The molecule has 0 radical (unpaired) electrons. The molecule has 1 fully saturated rings. The summed E-state index contributed by atoms with van der Waals surface area (Å²) in [4.78, 5) is 24.5. The van der Waals surface area contributed by atoms with E-state index in [0.717, 1.165) is 0 Å². The average Bonchev–Trinajstić information content (AvgIpc) is 2.70. The molecule has 3 unspecified atom stereocenters. The monoisotopic (exact) mass is 259 g/mol. The number of hydrogen-bond donors (Lipinski definition) is 1. The second-order valence-electron chi connectivity index (χ2n) is 4.43. The van der Waals surface area contributed by atoms with Crippen molar-refractivity contribution in [2.24, 2.45) is 0 Å². The van der Waals surface area contributed by atoms with Gasteiger partial charge in [0.05, 0.1) is 12.5 Å². The van der Waals surface area contributed by atoms with Gasteiger partial charge in [-0.25, -0.2) is 0 Å². The van der Waals surface area contributed by atoms with Crippen LogP contribution in [0.2, 0.25) is 0 Å². The van der Waals surface area contributed by atoms with E-state index in [1.165, 1.54) is 0 Å². The SMILES string of the molecule is CCOC(C)C(=O)N1CC(OC)CC1CC(=O)O. The van der Waals surface area contributed by atoms with Crippen molar-refractivity contribution in [3.63, 3.8) is 0 Å². The summed E-state index contributed by atoms with van der Waals surface area (Å²) in [5.74, 6) is -1.07. The third-order valence-electron chi connectivity index (χ3n) is 3.17. The number of carboxylic acids is 1. The summed E-state index contributed by atoms with van der Waals surface area (Å²) in [6.07, 6.45) is -0.119. The topological polar surface area (TPSA) is 76.1 Å². The van der Waals surface area contributed by atoms with Crippen LogP contribution in [0.5, 0.6) is 0 Å². The van der Waals surface area contributed by atoms with E-state index in [4.69, 9.17) is 14.6 Å². The molecule has 1 amide bonds. The highest BCUT2D eigenvalue weighted by Crippen LogP contribution is 2.23. The van der Waals surface area contributed by atoms with Crippen LogP contribution >= 0.6 is 0 Å². The van der Waals surface area contributed by atoms with E-state index in [-0.39, 0.29) is 24.5 Å². The first-order valence-corrected chi connectivity index (χ1v) is 6.16. The van der Waals surface area contributed by atoms with E-state index in [2.05, 4.69) is 0 Å². The van der Waals surface area contributed by atoms with E-state index in [1.54, 1.807) is 18.9 Å². The number of rotatable bonds is 6. The minimum absolute atomic E-state index is 0.0511. The Morgan fingerprint density at radius 1 is 1.50 bits per heavy atom. The number of carboxylic acid groups (broad SMARTS) is 1. The zero-order valence-electron chi connectivity index (χ0n) is 11.1. The lowest BCUT2D eigenvalue weighted by Gasteiger charge is -2.26. The van der Waals surface area contributed by atoms with E-state index in [9.17, 15) is 9.59 Å². The minimum Gasteiger partial charge on any atom is -0.481 e.